The first-order valence-electron chi connectivity index (χ1n) is 5.32. The van der Waals surface area contributed by atoms with Gasteiger partial charge in [0.15, 0.2) is 0 Å². The Balaban J connectivity index is 2.24. The van der Waals surface area contributed by atoms with Crippen LogP contribution in [0, 0.1) is 0 Å². The summed E-state index contributed by atoms with van der Waals surface area (Å²) >= 11 is 0. The predicted octanol–water partition coefficient (Wildman–Crippen LogP) is 3.35. The van der Waals surface area contributed by atoms with E-state index in [9.17, 15) is 5.11 Å². The minimum Gasteiger partial charge on any atom is -0.392 e. The van der Waals surface area contributed by atoms with E-state index < -0.39 is 0 Å². The molecule has 0 fully saturated rings. The number of hydrogen-bond acceptors (Lipinski definition) is 1. The maximum absolute atomic E-state index is 9.18. The highest BCUT2D eigenvalue weighted by atomic mass is 16.3. The van der Waals surface area contributed by atoms with Gasteiger partial charge in [-0.05, 0) is 16.7 Å². The maximum atomic E-state index is 9.18. The molecule has 1 heteroatoms. The molecule has 1 nitrogen and oxygen atoms in total. The van der Waals surface area contributed by atoms with Gasteiger partial charge in [0, 0.05) is 0 Å². The van der Waals surface area contributed by atoms with Crippen molar-refractivity contribution in [2.24, 2.45) is 0 Å². The first-order chi connectivity index (χ1) is 7.90. The number of rotatable bonds is 3. The summed E-state index contributed by atoms with van der Waals surface area (Å²) < 4.78 is 0. The Bertz CT molecular complexity index is 472. The molecule has 0 aliphatic rings. The van der Waals surface area contributed by atoms with Crippen LogP contribution in [0.1, 0.15) is 16.7 Å². The van der Waals surface area contributed by atoms with Crippen molar-refractivity contribution in [2.45, 2.75) is 6.61 Å². The molecule has 0 saturated heterocycles. The van der Waals surface area contributed by atoms with E-state index in [0.29, 0.717) is 0 Å². The summed E-state index contributed by atoms with van der Waals surface area (Å²) in [6, 6.07) is 18.0. The van der Waals surface area contributed by atoms with Gasteiger partial charge in [-0.15, -0.1) is 0 Å². The molecule has 0 aliphatic carbocycles. The molecule has 16 heavy (non-hydrogen) atoms. The lowest BCUT2D eigenvalue weighted by Gasteiger charge is -2.01. The van der Waals surface area contributed by atoms with Crippen LogP contribution in [-0.4, -0.2) is 5.11 Å². The lowest BCUT2D eigenvalue weighted by molar-refractivity contribution is 0.281. The van der Waals surface area contributed by atoms with Crippen LogP contribution in [0.25, 0.3) is 12.2 Å². The highest BCUT2D eigenvalue weighted by molar-refractivity contribution is 5.70. The quantitative estimate of drug-likeness (QED) is 0.770. The molecular formula is C15H14O. The van der Waals surface area contributed by atoms with Gasteiger partial charge in [-0.25, -0.2) is 0 Å². The van der Waals surface area contributed by atoms with Crippen molar-refractivity contribution in [2.75, 3.05) is 0 Å². The molecular weight excluding hydrogens is 196 g/mol. The molecule has 0 unspecified atom stereocenters. The van der Waals surface area contributed by atoms with E-state index >= 15 is 0 Å². The molecule has 0 aromatic heterocycles. The highest BCUT2D eigenvalue weighted by Gasteiger charge is 1.95. The number of aliphatic hydroxyl groups is 1. The second kappa shape index (κ2) is 5.29. The lowest BCUT2D eigenvalue weighted by atomic mass is 10.1. The summed E-state index contributed by atoms with van der Waals surface area (Å²) in [7, 11) is 0. The SMILES string of the molecule is OCc1ccccc1/C=C/c1ccccc1. The zero-order valence-electron chi connectivity index (χ0n) is 9.01. The maximum Gasteiger partial charge on any atom is 0.0687 e. The van der Waals surface area contributed by atoms with Gasteiger partial charge in [0.2, 0.25) is 0 Å². The van der Waals surface area contributed by atoms with E-state index in [0.717, 1.165) is 16.7 Å². The normalized spacial score (nSPS) is 10.8. The molecule has 1 N–H and O–H groups in total. The fourth-order valence-electron chi connectivity index (χ4n) is 1.59. The van der Waals surface area contributed by atoms with Crippen LogP contribution in [0.3, 0.4) is 0 Å². The Morgan fingerprint density at radius 2 is 1.50 bits per heavy atom. The van der Waals surface area contributed by atoms with Crippen molar-refractivity contribution in [3.63, 3.8) is 0 Å². The lowest BCUT2D eigenvalue weighted by Crippen LogP contribution is -1.86. The Morgan fingerprint density at radius 3 is 2.25 bits per heavy atom. The van der Waals surface area contributed by atoms with E-state index in [4.69, 9.17) is 0 Å². The largest absolute Gasteiger partial charge is 0.392 e. The Morgan fingerprint density at radius 1 is 0.812 bits per heavy atom. The van der Waals surface area contributed by atoms with Crippen molar-refractivity contribution in [3.8, 4) is 0 Å². The van der Waals surface area contributed by atoms with Crippen LogP contribution in [0.2, 0.25) is 0 Å². The molecule has 0 bridgehead atoms. The van der Waals surface area contributed by atoms with Crippen LogP contribution >= 0.6 is 0 Å². The average Bonchev–Trinajstić information content (AvgIpc) is 2.38. The molecule has 0 amide bonds. The third-order valence-corrected chi connectivity index (χ3v) is 2.48. The van der Waals surface area contributed by atoms with Crippen LogP contribution in [-0.2, 0) is 6.61 Å². The average molecular weight is 210 g/mol. The third kappa shape index (κ3) is 2.59. The summed E-state index contributed by atoms with van der Waals surface area (Å²) in [6.45, 7) is 0.0787. The second-order valence-corrected chi connectivity index (χ2v) is 3.60. The zero-order chi connectivity index (χ0) is 11.2. The highest BCUT2D eigenvalue weighted by Crippen LogP contribution is 2.13. The van der Waals surface area contributed by atoms with E-state index in [1.807, 2.05) is 48.5 Å². The summed E-state index contributed by atoms with van der Waals surface area (Å²) in [6.07, 6.45) is 4.08. The summed E-state index contributed by atoms with van der Waals surface area (Å²) in [4.78, 5) is 0. The summed E-state index contributed by atoms with van der Waals surface area (Å²) in [5.74, 6) is 0. The number of hydrogen-bond donors (Lipinski definition) is 1. The van der Waals surface area contributed by atoms with Gasteiger partial charge in [-0.2, -0.15) is 0 Å². The van der Waals surface area contributed by atoms with Gasteiger partial charge in [0.1, 0.15) is 0 Å². The Labute approximate surface area is 95.7 Å². The smallest absolute Gasteiger partial charge is 0.0687 e. The predicted molar refractivity (Wildman–Crippen MR) is 67.7 cm³/mol. The van der Waals surface area contributed by atoms with Gasteiger partial charge in [0.05, 0.1) is 6.61 Å². The summed E-state index contributed by atoms with van der Waals surface area (Å²) in [5, 5.41) is 9.18. The summed E-state index contributed by atoms with van der Waals surface area (Å²) in [5.41, 5.74) is 3.18. The standard InChI is InChI=1S/C15H14O/c16-12-15-9-5-4-8-14(15)11-10-13-6-2-1-3-7-13/h1-11,16H,12H2/b11-10+. The molecule has 0 saturated carbocycles. The van der Waals surface area contributed by atoms with E-state index in [-0.39, 0.29) is 6.61 Å². The number of benzene rings is 2. The van der Waals surface area contributed by atoms with Crippen LogP contribution in [0.15, 0.2) is 54.6 Å². The van der Waals surface area contributed by atoms with Crippen molar-refractivity contribution in [3.05, 3.63) is 71.3 Å². The molecule has 0 spiro atoms. The Hall–Kier alpha value is -1.86. The first kappa shape index (κ1) is 10.7. The molecule has 80 valence electrons. The van der Waals surface area contributed by atoms with Gasteiger partial charge < -0.3 is 5.11 Å². The second-order valence-electron chi connectivity index (χ2n) is 3.60. The van der Waals surface area contributed by atoms with Crippen LogP contribution in [0.4, 0.5) is 0 Å². The van der Waals surface area contributed by atoms with Crippen molar-refractivity contribution >= 4 is 12.2 Å². The number of aliphatic hydroxyl groups excluding tert-OH is 1. The van der Waals surface area contributed by atoms with Gasteiger partial charge in [-0.1, -0.05) is 66.7 Å². The van der Waals surface area contributed by atoms with Crippen molar-refractivity contribution < 1.29 is 5.11 Å². The molecule has 2 aromatic rings. The van der Waals surface area contributed by atoms with E-state index in [2.05, 4.69) is 18.2 Å². The first-order valence-corrected chi connectivity index (χ1v) is 5.32. The van der Waals surface area contributed by atoms with Crippen LogP contribution < -0.4 is 0 Å². The zero-order valence-corrected chi connectivity index (χ0v) is 9.01. The fourth-order valence-corrected chi connectivity index (χ4v) is 1.59. The topological polar surface area (TPSA) is 20.2 Å². The molecule has 2 aromatic carbocycles. The third-order valence-electron chi connectivity index (χ3n) is 2.48. The minimum absolute atomic E-state index is 0.0787. The van der Waals surface area contributed by atoms with Gasteiger partial charge >= 0.3 is 0 Å². The fraction of sp³-hybridized carbons (Fsp3) is 0.0667. The molecule has 0 heterocycles. The minimum atomic E-state index is 0.0787. The molecule has 0 radical (unpaired) electrons. The molecule has 0 atom stereocenters. The van der Waals surface area contributed by atoms with Gasteiger partial charge in [-0.3, -0.25) is 0 Å². The van der Waals surface area contributed by atoms with Gasteiger partial charge in [0.25, 0.3) is 0 Å². The van der Waals surface area contributed by atoms with Crippen LogP contribution in [0.5, 0.6) is 0 Å². The van der Waals surface area contributed by atoms with E-state index in [1.54, 1.807) is 0 Å². The van der Waals surface area contributed by atoms with Crippen molar-refractivity contribution in [1.29, 1.82) is 0 Å². The molecule has 0 aliphatic heterocycles. The Kier molecular flexibility index (Phi) is 3.52. The van der Waals surface area contributed by atoms with E-state index in [1.165, 1.54) is 0 Å². The molecule has 2 rings (SSSR count). The monoisotopic (exact) mass is 210 g/mol. The van der Waals surface area contributed by atoms with Crippen molar-refractivity contribution in [1.82, 2.24) is 0 Å².